The van der Waals surface area contributed by atoms with Crippen LogP contribution in [0.3, 0.4) is 0 Å². The van der Waals surface area contributed by atoms with Gasteiger partial charge in [-0.1, -0.05) is 76.0 Å². The number of nitrogens with one attached hydrogen (secondary N) is 11. The molecule has 0 saturated carbocycles. The molecule has 0 aliphatic carbocycles. The fraction of sp³-hybridized carbons (Fsp3) is 0.733. The first-order valence-electron chi connectivity index (χ1n) is 32.7. The number of rotatable bonds is 13. The van der Waals surface area contributed by atoms with Gasteiger partial charge in [0, 0.05) is 31.1 Å². The Hall–Kier alpha value is -7.90. The monoisotopic (exact) mass is 1410 g/mol. The maximum atomic E-state index is 14.9. The van der Waals surface area contributed by atoms with Crippen LogP contribution in [0.5, 0.6) is 0 Å². The van der Waals surface area contributed by atoms with E-state index in [0.29, 0.717) is 19.3 Å². The number of nitrogens with two attached hydrogens (primary N) is 2. The Morgan fingerprint density at radius 1 is 0.454 bits per heavy atom. The summed E-state index contributed by atoms with van der Waals surface area (Å²) in [6.45, 7) is 10.3. The lowest BCUT2D eigenvalue weighted by atomic mass is 9.96. The minimum absolute atomic E-state index is 0.0405. The van der Waals surface area contributed by atoms with E-state index in [2.05, 4.69) is 58.5 Å². The summed E-state index contributed by atoms with van der Waals surface area (Å²) in [6.07, 6.45) is -3.73. The molecule has 35 nitrogen and oxygen atoms in total. The number of primary amides is 2. The zero-order valence-corrected chi connectivity index (χ0v) is 57.4. The van der Waals surface area contributed by atoms with Crippen LogP contribution in [0.4, 0.5) is 0 Å². The molecule has 0 radical (unpaired) electrons. The van der Waals surface area contributed by atoms with Gasteiger partial charge in [-0.25, -0.2) is 0 Å². The summed E-state index contributed by atoms with van der Waals surface area (Å²) >= 11 is 0. The number of carbonyl (C=O) groups is 16. The van der Waals surface area contributed by atoms with E-state index in [1.165, 1.54) is 9.80 Å². The number of amides is 16. The van der Waals surface area contributed by atoms with Gasteiger partial charge in [0.25, 0.3) is 0 Å². The Kier molecular flexibility index (Phi) is 30.6. The van der Waals surface area contributed by atoms with Crippen LogP contribution in [0.15, 0.2) is 0 Å². The number of aliphatic hydroxyl groups excluding tert-OH is 3. The van der Waals surface area contributed by atoms with Crippen molar-refractivity contribution in [2.75, 3.05) is 44.3 Å². The van der Waals surface area contributed by atoms with Gasteiger partial charge >= 0.3 is 0 Å². The molecule has 5 fully saturated rings. The van der Waals surface area contributed by atoms with Crippen LogP contribution < -0.4 is 70.0 Å². The summed E-state index contributed by atoms with van der Waals surface area (Å²) < 4.78 is 0. The van der Waals surface area contributed by atoms with Crippen LogP contribution in [0, 0.1) is 17.8 Å². The number of carbonyl (C=O) groups excluding carboxylic acids is 16. The van der Waals surface area contributed by atoms with E-state index in [9.17, 15) is 92.0 Å². The molecule has 2 bridgehead atoms. The van der Waals surface area contributed by atoms with Gasteiger partial charge < -0.3 is 100.0 Å². The molecule has 16 amide bonds. The zero-order chi connectivity index (χ0) is 72.3. The van der Waals surface area contributed by atoms with Gasteiger partial charge in [0.2, 0.25) is 94.5 Å². The Morgan fingerprint density at radius 2 is 0.856 bits per heavy atom. The second-order valence-corrected chi connectivity index (χ2v) is 28.2. The molecule has 17 atom stereocenters. The first-order chi connectivity index (χ1) is 45.7. The largest absolute Gasteiger partial charge is 0.394 e. The summed E-state index contributed by atoms with van der Waals surface area (Å²) in [5.74, 6) is -19.1. The second-order valence-electron chi connectivity index (χ2n) is 25.6. The zero-order valence-electron chi connectivity index (χ0n) is 55.8. The highest BCUT2D eigenvalue weighted by molar-refractivity contribution is 8.76. The van der Waals surface area contributed by atoms with Gasteiger partial charge in [0.15, 0.2) is 0 Å². The molecule has 5 rings (SSSR count). The van der Waals surface area contributed by atoms with Crippen molar-refractivity contribution in [2.45, 2.75) is 217 Å². The average Bonchev–Trinajstić information content (AvgIpc) is 1.71. The van der Waals surface area contributed by atoms with Gasteiger partial charge in [-0.3, -0.25) is 76.7 Å². The lowest BCUT2D eigenvalue weighted by Crippen LogP contribution is -2.63. The number of hydrogen-bond donors (Lipinski definition) is 16. The number of fused-ring (bicyclic) bond motifs is 8. The third-order valence-electron chi connectivity index (χ3n) is 17.7. The maximum absolute atomic E-state index is 14.9. The van der Waals surface area contributed by atoms with Crippen molar-refractivity contribution >= 4 is 116 Å². The maximum Gasteiger partial charge on any atom is 0.246 e. The van der Waals surface area contributed by atoms with Crippen LogP contribution in [0.1, 0.15) is 126 Å². The van der Waals surface area contributed by atoms with E-state index in [-0.39, 0.29) is 64.1 Å². The van der Waals surface area contributed by atoms with Crippen molar-refractivity contribution in [2.24, 2.45) is 29.2 Å². The van der Waals surface area contributed by atoms with Crippen molar-refractivity contribution in [3.63, 3.8) is 0 Å². The van der Waals surface area contributed by atoms with E-state index >= 15 is 0 Å². The molecule has 0 aromatic carbocycles. The highest BCUT2D eigenvalue weighted by atomic mass is 33.1. The lowest BCUT2D eigenvalue weighted by molar-refractivity contribution is -0.149. The molecular formula is C60H96N16O19S2. The highest BCUT2D eigenvalue weighted by Gasteiger charge is 2.47. The van der Waals surface area contributed by atoms with E-state index in [1.807, 2.05) is 0 Å². The molecular weight excluding hydrogens is 1310 g/mol. The van der Waals surface area contributed by atoms with Crippen LogP contribution in [-0.4, -0.2) is 260 Å². The molecule has 0 aromatic heterocycles. The van der Waals surface area contributed by atoms with Gasteiger partial charge in [0.05, 0.1) is 38.2 Å². The van der Waals surface area contributed by atoms with Gasteiger partial charge in [0.1, 0.15) is 78.5 Å². The van der Waals surface area contributed by atoms with Crippen LogP contribution in [-0.2, 0) is 76.7 Å². The van der Waals surface area contributed by atoms with Crippen LogP contribution in [0.2, 0.25) is 0 Å². The fourth-order valence-electron chi connectivity index (χ4n) is 11.8. The molecule has 5 saturated heterocycles. The Bertz CT molecular complexity index is 2950. The quantitative estimate of drug-likeness (QED) is 0.0762. The lowest BCUT2D eigenvalue weighted by Gasteiger charge is -2.35. The summed E-state index contributed by atoms with van der Waals surface area (Å²) in [5, 5.41) is 59.6. The molecule has 0 spiro atoms. The molecule has 5 aliphatic rings. The normalized spacial score (nSPS) is 30.4. The highest BCUT2D eigenvalue weighted by Crippen LogP contribution is 2.29. The van der Waals surface area contributed by atoms with Crippen molar-refractivity contribution in [3.05, 3.63) is 0 Å². The SMILES string of the molecule is CC[C@H](C)[C@@H]1NC(=O)[C@@H]2CCCN2C(=O)[C@@H]2CCCN2C(=O)[C@H]([C@@H](C)CC)NC(=O)[C@H](CO)NC(=O)[C@H](CC(C)C)NC(=O)[C@H]([C@@H](C)O)NC(=O)[C@@H]2CSSC[C@H](NC1=O)C(=O)N[C@@H](CC(N)=O)C(=O)N1CCC[C@H]1C(=O)N[C@@H](CC(N)=O)C(=O)NCC(=O)N[C@@H]([C@@H](C)O)C(=O)N2. The van der Waals surface area contributed by atoms with Gasteiger partial charge in [-0.15, -0.1) is 0 Å². The Balaban J connectivity index is 1.67. The van der Waals surface area contributed by atoms with Gasteiger partial charge in [-0.05, 0) is 76.5 Å². The molecule has 18 N–H and O–H groups in total. The summed E-state index contributed by atoms with van der Waals surface area (Å²) in [6, 6.07) is -20.9. The first kappa shape index (κ1) is 79.8. The molecule has 5 aliphatic heterocycles. The molecule has 542 valence electrons. The van der Waals surface area contributed by atoms with E-state index in [0.717, 1.165) is 40.3 Å². The summed E-state index contributed by atoms with van der Waals surface area (Å²) in [7, 11) is 1.52. The minimum atomic E-state index is -1.95. The second kappa shape index (κ2) is 37.2. The van der Waals surface area contributed by atoms with Crippen molar-refractivity contribution in [1.82, 2.24) is 73.2 Å². The van der Waals surface area contributed by atoms with Crippen molar-refractivity contribution in [3.8, 4) is 0 Å². The number of aliphatic hydroxyl groups is 3. The summed E-state index contributed by atoms with van der Waals surface area (Å²) in [4.78, 5) is 230. The summed E-state index contributed by atoms with van der Waals surface area (Å²) in [5.41, 5.74) is 11.1. The van der Waals surface area contributed by atoms with Crippen LogP contribution >= 0.6 is 21.6 Å². The topological polar surface area (TPSA) is 528 Å². The fourth-order valence-corrected chi connectivity index (χ4v) is 14.2. The number of nitrogens with zero attached hydrogens (tertiary/aromatic N) is 3. The molecule has 0 unspecified atom stereocenters. The smallest absolute Gasteiger partial charge is 0.246 e. The first-order valence-corrected chi connectivity index (χ1v) is 35.2. The van der Waals surface area contributed by atoms with Crippen molar-refractivity contribution in [1.29, 1.82) is 0 Å². The van der Waals surface area contributed by atoms with E-state index < -0.39 is 235 Å². The molecule has 0 aromatic rings. The Labute approximate surface area is 569 Å². The number of hydrogen-bond acceptors (Lipinski definition) is 21. The third-order valence-corrected chi connectivity index (χ3v) is 20.1. The van der Waals surface area contributed by atoms with Gasteiger partial charge in [-0.2, -0.15) is 0 Å². The molecule has 97 heavy (non-hydrogen) atoms. The standard InChI is InChI=1S/C60H96N16O19S2/c1-9-28(5)44-55(90)68-36-25-96-97-26-37(69-56(91)46(30(7)78)70-43(82)23-63-48(83)33(21-41(61)80)64-53(88)38-14-11-17-74(38)58(93)34(22-42(62)81)66-51(36)86)52(87)73-47(31(8)79)57(92)65-32(20-27(3)4)49(84)67-35(24-77)50(85)72-45(29(6)10-2)60(95)76-19-13-16-40(76)59(94)75-18-12-15-39(75)54(89)71-44/h27-40,44-47,77-79H,9-26H2,1-8H3,(H2,61,80)(H2,62,81)(H,63,83)(H,64,88)(H,65,92)(H,66,86)(H,67,84)(H,68,90)(H,69,91)(H,70,82)(H,71,89)(H,72,85)(H,73,87)/t28-,29-,30+,31+,32-,33-,34-,35-,36-,37-,38-,39-,40-,44-,45-,46-,47-/m0/s1. The predicted molar refractivity (Wildman–Crippen MR) is 348 cm³/mol. The molecule has 5 heterocycles. The molecule has 37 heteroatoms. The predicted octanol–water partition coefficient (Wildman–Crippen LogP) is -7.02. The third kappa shape index (κ3) is 22.1. The van der Waals surface area contributed by atoms with E-state index in [4.69, 9.17) is 11.5 Å². The minimum Gasteiger partial charge on any atom is -0.394 e. The Morgan fingerprint density at radius 3 is 1.37 bits per heavy atom. The van der Waals surface area contributed by atoms with Crippen molar-refractivity contribution < 1.29 is 92.0 Å². The van der Waals surface area contributed by atoms with Crippen LogP contribution in [0.25, 0.3) is 0 Å². The average molecular weight is 1410 g/mol. The van der Waals surface area contributed by atoms with E-state index in [1.54, 1.807) is 41.5 Å².